The van der Waals surface area contributed by atoms with E-state index in [2.05, 4.69) is 10.4 Å². The van der Waals surface area contributed by atoms with E-state index in [9.17, 15) is 18.7 Å². The van der Waals surface area contributed by atoms with Crippen molar-refractivity contribution >= 4 is 5.91 Å². The molecular formula is C18H22F2N4O2. The second-order valence-electron chi connectivity index (χ2n) is 6.74. The molecule has 0 unspecified atom stereocenters. The molecule has 0 aliphatic carbocycles. The molecule has 1 atom stereocenters. The summed E-state index contributed by atoms with van der Waals surface area (Å²) in [6.45, 7) is 1.23. The molecule has 1 aromatic carbocycles. The van der Waals surface area contributed by atoms with Gasteiger partial charge in [-0.25, -0.2) is 8.78 Å². The molecule has 2 N–H and O–H groups in total. The van der Waals surface area contributed by atoms with E-state index in [0.717, 1.165) is 17.7 Å². The fourth-order valence-corrected chi connectivity index (χ4v) is 3.22. The van der Waals surface area contributed by atoms with Gasteiger partial charge in [0.1, 0.15) is 0 Å². The lowest BCUT2D eigenvalue weighted by Gasteiger charge is -2.38. The first-order chi connectivity index (χ1) is 12.4. The molecule has 1 amide bonds. The molecule has 0 radical (unpaired) electrons. The molecule has 26 heavy (non-hydrogen) atoms. The number of amides is 1. The number of halogens is 2. The lowest BCUT2D eigenvalue weighted by Crippen LogP contribution is -2.57. The fraction of sp³-hybridized carbons (Fsp3) is 0.444. The summed E-state index contributed by atoms with van der Waals surface area (Å²) in [6.07, 6.45) is 4.57. The Kier molecular flexibility index (Phi) is 5.33. The number of nitrogens with one attached hydrogen (secondary N) is 1. The minimum Gasteiger partial charge on any atom is -0.379 e. The predicted octanol–water partition coefficient (Wildman–Crippen LogP) is 1.34. The number of aryl methyl sites for hydroxylation is 1. The summed E-state index contributed by atoms with van der Waals surface area (Å²) in [5, 5.41) is 17.9. The minimum atomic E-state index is -1.50. The Morgan fingerprint density at radius 1 is 1.31 bits per heavy atom. The monoisotopic (exact) mass is 364 g/mol. The SMILES string of the molecule is Cn1cc(CNC[C@]2(O)CCCN(Cc3ccc(F)c(F)c3)C2=O)cn1. The van der Waals surface area contributed by atoms with Crippen LogP contribution in [-0.4, -0.2) is 44.4 Å². The smallest absolute Gasteiger partial charge is 0.256 e. The Morgan fingerprint density at radius 3 is 2.81 bits per heavy atom. The Labute approximate surface area is 150 Å². The van der Waals surface area contributed by atoms with Gasteiger partial charge in [-0.2, -0.15) is 5.10 Å². The standard InChI is InChI=1S/C18H22F2N4O2/c1-23-10-14(9-22-23)8-21-12-18(26)5-2-6-24(17(18)25)11-13-3-4-15(19)16(20)7-13/h3-4,7,9-10,21,26H,2,5-6,8,11-12H2,1H3/t18-/m1/s1. The molecule has 8 heteroatoms. The molecule has 0 bridgehead atoms. The minimum absolute atomic E-state index is 0.120. The molecule has 1 aliphatic rings. The average molecular weight is 364 g/mol. The number of rotatable bonds is 6. The largest absolute Gasteiger partial charge is 0.379 e. The van der Waals surface area contributed by atoms with Crippen molar-refractivity contribution in [1.29, 1.82) is 0 Å². The van der Waals surface area contributed by atoms with Gasteiger partial charge in [0.25, 0.3) is 5.91 Å². The lowest BCUT2D eigenvalue weighted by atomic mass is 9.91. The molecule has 1 aromatic heterocycles. The number of aromatic nitrogens is 2. The Balaban J connectivity index is 1.61. The second-order valence-corrected chi connectivity index (χ2v) is 6.74. The third-order valence-electron chi connectivity index (χ3n) is 4.57. The molecule has 1 aliphatic heterocycles. The van der Waals surface area contributed by atoms with Gasteiger partial charge in [-0.1, -0.05) is 6.07 Å². The maximum Gasteiger partial charge on any atom is 0.256 e. The number of carbonyl (C=O) groups excluding carboxylic acids is 1. The molecule has 1 fully saturated rings. The number of likely N-dealkylation sites (tertiary alicyclic amines) is 1. The molecule has 3 rings (SSSR count). The van der Waals surface area contributed by atoms with E-state index in [1.807, 2.05) is 13.2 Å². The summed E-state index contributed by atoms with van der Waals surface area (Å²) < 4.78 is 28.1. The van der Waals surface area contributed by atoms with Crippen LogP contribution < -0.4 is 5.32 Å². The average Bonchev–Trinajstić information content (AvgIpc) is 3.01. The Bertz CT molecular complexity index is 795. The summed E-state index contributed by atoms with van der Waals surface area (Å²) in [4.78, 5) is 14.2. The number of hydrogen-bond donors (Lipinski definition) is 2. The summed E-state index contributed by atoms with van der Waals surface area (Å²) in [5.41, 5.74) is -0.0539. The molecule has 0 saturated carbocycles. The number of hydrogen-bond acceptors (Lipinski definition) is 4. The van der Waals surface area contributed by atoms with E-state index in [-0.39, 0.29) is 13.1 Å². The quantitative estimate of drug-likeness (QED) is 0.812. The number of aliphatic hydroxyl groups is 1. The highest BCUT2D eigenvalue weighted by molar-refractivity contribution is 5.86. The van der Waals surface area contributed by atoms with E-state index in [1.165, 1.54) is 11.0 Å². The fourth-order valence-electron chi connectivity index (χ4n) is 3.22. The van der Waals surface area contributed by atoms with Crippen LogP contribution in [0.3, 0.4) is 0 Å². The molecular weight excluding hydrogens is 342 g/mol. The van der Waals surface area contributed by atoms with E-state index in [4.69, 9.17) is 0 Å². The number of piperidine rings is 1. The van der Waals surface area contributed by atoms with Crippen LogP contribution in [0.4, 0.5) is 8.78 Å². The van der Waals surface area contributed by atoms with Gasteiger partial charge in [-0.15, -0.1) is 0 Å². The van der Waals surface area contributed by atoms with Gasteiger partial charge in [0.2, 0.25) is 0 Å². The maximum atomic E-state index is 13.4. The normalized spacial score (nSPS) is 20.6. The van der Waals surface area contributed by atoms with Gasteiger partial charge in [0.05, 0.1) is 6.20 Å². The first-order valence-electron chi connectivity index (χ1n) is 8.51. The Morgan fingerprint density at radius 2 is 2.12 bits per heavy atom. The van der Waals surface area contributed by atoms with Crippen LogP contribution in [-0.2, 0) is 24.9 Å². The second kappa shape index (κ2) is 7.51. The summed E-state index contributed by atoms with van der Waals surface area (Å²) in [6, 6.07) is 3.57. The highest BCUT2D eigenvalue weighted by Gasteiger charge is 2.41. The van der Waals surface area contributed by atoms with Crippen LogP contribution >= 0.6 is 0 Å². The molecule has 140 valence electrons. The third-order valence-corrected chi connectivity index (χ3v) is 4.57. The Hall–Kier alpha value is -2.32. The zero-order valence-electron chi connectivity index (χ0n) is 14.6. The van der Waals surface area contributed by atoms with Crippen LogP contribution in [0.2, 0.25) is 0 Å². The molecule has 1 saturated heterocycles. The van der Waals surface area contributed by atoms with E-state index >= 15 is 0 Å². The molecule has 6 nitrogen and oxygen atoms in total. The van der Waals surface area contributed by atoms with Crippen molar-refractivity contribution in [2.75, 3.05) is 13.1 Å². The highest BCUT2D eigenvalue weighted by atomic mass is 19.2. The first kappa shape index (κ1) is 18.5. The summed E-state index contributed by atoms with van der Waals surface area (Å²) in [7, 11) is 1.82. The number of nitrogens with zero attached hydrogens (tertiary/aromatic N) is 3. The molecule has 0 spiro atoms. The number of carbonyl (C=O) groups is 1. The van der Waals surface area contributed by atoms with Crippen molar-refractivity contribution in [3.63, 3.8) is 0 Å². The van der Waals surface area contributed by atoms with Crippen LogP contribution in [0.1, 0.15) is 24.0 Å². The van der Waals surface area contributed by atoms with Crippen molar-refractivity contribution in [1.82, 2.24) is 20.0 Å². The van der Waals surface area contributed by atoms with Crippen molar-refractivity contribution in [2.24, 2.45) is 7.05 Å². The molecule has 2 heterocycles. The zero-order chi connectivity index (χ0) is 18.7. The van der Waals surface area contributed by atoms with Gasteiger partial charge in [0, 0.05) is 45.0 Å². The van der Waals surface area contributed by atoms with Crippen LogP contribution in [0, 0.1) is 11.6 Å². The summed E-state index contributed by atoms with van der Waals surface area (Å²) >= 11 is 0. The van der Waals surface area contributed by atoms with Gasteiger partial charge < -0.3 is 15.3 Å². The van der Waals surface area contributed by atoms with Gasteiger partial charge in [0.15, 0.2) is 17.2 Å². The first-order valence-corrected chi connectivity index (χ1v) is 8.51. The van der Waals surface area contributed by atoms with Crippen LogP contribution in [0.25, 0.3) is 0 Å². The zero-order valence-corrected chi connectivity index (χ0v) is 14.6. The lowest BCUT2D eigenvalue weighted by molar-refractivity contribution is -0.157. The van der Waals surface area contributed by atoms with Gasteiger partial charge in [-0.3, -0.25) is 9.48 Å². The topological polar surface area (TPSA) is 70.4 Å². The van der Waals surface area contributed by atoms with Crippen molar-refractivity contribution < 1.29 is 18.7 Å². The van der Waals surface area contributed by atoms with E-state index < -0.39 is 23.1 Å². The van der Waals surface area contributed by atoms with Crippen LogP contribution in [0.15, 0.2) is 30.6 Å². The van der Waals surface area contributed by atoms with Crippen molar-refractivity contribution in [3.8, 4) is 0 Å². The van der Waals surface area contributed by atoms with Gasteiger partial charge in [-0.05, 0) is 30.5 Å². The maximum absolute atomic E-state index is 13.4. The van der Waals surface area contributed by atoms with Crippen LogP contribution in [0.5, 0.6) is 0 Å². The van der Waals surface area contributed by atoms with Gasteiger partial charge >= 0.3 is 0 Å². The number of benzene rings is 1. The van der Waals surface area contributed by atoms with E-state index in [0.29, 0.717) is 31.5 Å². The highest BCUT2D eigenvalue weighted by Crippen LogP contribution is 2.24. The van der Waals surface area contributed by atoms with E-state index in [1.54, 1.807) is 10.9 Å². The third kappa shape index (κ3) is 4.08. The predicted molar refractivity (Wildman–Crippen MR) is 90.9 cm³/mol. The van der Waals surface area contributed by atoms with Crippen molar-refractivity contribution in [2.45, 2.75) is 31.5 Å². The molecule has 2 aromatic rings. The van der Waals surface area contributed by atoms with Crippen molar-refractivity contribution in [3.05, 3.63) is 53.4 Å². The summed E-state index contributed by atoms with van der Waals surface area (Å²) in [5.74, 6) is -2.26.